The van der Waals surface area contributed by atoms with Crippen LogP contribution >= 0.6 is 0 Å². The number of rotatable bonds is 2. The number of fused-ring (bicyclic) bond motifs is 1. The summed E-state index contributed by atoms with van der Waals surface area (Å²) >= 11 is 0. The van der Waals surface area contributed by atoms with Crippen LogP contribution in [0.4, 0.5) is 15.8 Å². The molecule has 0 aliphatic carbocycles. The molecule has 112 valence electrons. The molecular formula is C17H15FN2O2. The van der Waals surface area contributed by atoms with Gasteiger partial charge in [-0.2, -0.15) is 0 Å². The molecule has 2 amide bonds. The Kier molecular flexibility index (Phi) is 3.63. The Hall–Kier alpha value is -2.69. The summed E-state index contributed by atoms with van der Waals surface area (Å²) in [6.07, 6.45) is 0.131. The van der Waals surface area contributed by atoms with E-state index >= 15 is 0 Å². The second kappa shape index (κ2) is 5.60. The zero-order valence-electron chi connectivity index (χ0n) is 12.1. The van der Waals surface area contributed by atoms with E-state index in [4.69, 9.17) is 0 Å². The molecule has 1 heterocycles. The minimum absolute atomic E-state index is 0.0214. The molecule has 0 fully saturated rings. The van der Waals surface area contributed by atoms with Gasteiger partial charge in [-0.15, -0.1) is 0 Å². The predicted octanol–water partition coefficient (Wildman–Crippen LogP) is 2.38. The molecule has 0 saturated heterocycles. The smallest absolute Gasteiger partial charge is 0.246 e. The first-order valence-electron chi connectivity index (χ1n) is 6.96. The number of hydrogen-bond donors (Lipinski definition) is 0. The van der Waals surface area contributed by atoms with Crippen molar-refractivity contribution in [3.63, 3.8) is 0 Å². The zero-order valence-corrected chi connectivity index (χ0v) is 12.1. The van der Waals surface area contributed by atoms with Gasteiger partial charge in [0.15, 0.2) is 0 Å². The highest BCUT2D eigenvalue weighted by atomic mass is 19.1. The van der Waals surface area contributed by atoms with Gasteiger partial charge in [0.1, 0.15) is 12.4 Å². The average molecular weight is 298 g/mol. The Balaban J connectivity index is 1.88. The second-order valence-electron chi connectivity index (χ2n) is 5.22. The van der Waals surface area contributed by atoms with Gasteiger partial charge >= 0.3 is 0 Å². The van der Waals surface area contributed by atoms with E-state index in [1.165, 1.54) is 17.0 Å². The number of nitrogens with zero attached hydrogens (tertiary/aromatic N) is 2. The summed E-state index contributed by atoms with van der Waals surface area (Å²) in [5.74, 6) is -0.650. The molecule has 0 N–H and O–H groups in total. The number of halogens is 1. The van der Waals surface area contributed by atoms with Gasteiger partial charge in [-0.3, -0.25) is 9.59 Å². The van der Waals surface area contributed by atoms with Crippen molar-refractivity contribution in [3.8, 4) is 0 Å². The standard InChI is InChI=1S/C17H15FN2O2/c1-19-14-4-2-3-5-15(14)20(11-17(19)22)16(21)10-12-6-8-13(18)9-7-12/h2-9H,10-11H2,1H3. The van der Waals surface area contributed by atoms with Gasteiger partial charge in [0.2, 0.25) is 11.8 Å². The van der Waals surface area contributed by atoms with Gasteiger partial charge in [0, 0.05) is 7.05 Å². The summed E-state index contributed by atoms with van der Waals surface area (Å²) in [6.45, 7) is 0.0214. The average Bonchev–Trinajstić information content (AvgIpc) is 2.53. The maximum Gasteiger partial charge on any atom is 0.246 e. The lowest BCUT2D eigenvalue weighted by atomic mass is 10.1. The van der Waals surface area contributed by atoms with Gasteiger partial charge in [0.25, 0.3) is 0 Å². The molecule has 3 rings (SSSR count). The molecule has 2 aromatic carbocycles. The van der Waals surface area contributed by atoms with Crippen LogP contribution in [0.5, 0.6) is 0 Å². The normalized spacial score (nSPS) is 14.0. The number of amides is 2. The van der Waals surface area contributed by atoms with Crippen molar-refractivity contribution in [2.24, 2.45) is 0 Å². The first-order chi connectivity index (χ1) is 10.6. The van der Waals surface area contributed by atoms with Gasteiger partial charge < -0.3 is 9.80 Å². The molecule has 0 radical (unpaired) electrons. The van der Waals surface area contributed by atoms with Crippen LogP contribution in [0.1, 0.15) is 5.56 Å². The topological polar surface area (TPSA) is 40.6 Å². The largest absolute Gasteiger partial charge is 0.312 e. The van der Waals surface area contributed by atoms with Crippen molar-refractivity contribution < 1.29 is 14.0 Å². The van der Waals surface area contributed by atoms with Gasteiger partial charge in [-0.05, 0) is 29.8 Å². The molecule has 1 aliphatic heterocycles. The lowest BCUT2D eigenvalue weighted by molar-refractivity contribution is -0.122. The van der Waals surface area contributed by atoms with E-state index in [9.17, 15) is 14.0 Å². The van der Waals surface area contributed by atoms with E-state index in [1.807, 2.05) is 24.3 Å². The number of anilines is 2. The summed E-state index contributed by atoms with van der Waals surface area (Å²) in [7, 11) is 1.70. The maximum atomic E-state index is 12.9. The number of carbonyl (C=O) groups excluding carboxylic acids is 2. The summed E-state index contributed by atoms with van der Waals surface area (Å²) in [6, 6.07) is 13.1. The lowest BCUT2D eigenvalue weighted by Gasteiger charge is -2.34. The van der Waals surface area contributed by atoms with Crippen LogP contribution in [0.2, 0.25) is 0 Å². The third-order valence-electron chi connectivity index (χ3n) is 3.77. The van der Waals surface area contributed by atoms with Crippen molar-refractivity contribution >= 4 is 23.2 Å². The second-order valence-corrected chi connectivity index (χ2v) is 5.22. The SMILES string of the molecule is CN1C(=O)CN(C(=O)Cc2ccc(F)cc2)c2ccccc21. The van der Waals surface area contributed by atoms with Crippen LogP contribution in [-0.2, 0) is 16.0 Å². The van der Waals surface area contributed by atoms with Crippen molar-refractivity contribution in [2.45, 2.75) is 6.42 Å². The van der Waals surface area contributed by atoms with E-state index < -0.39 is 0 Å². The molecule has 0 spiro atoms. The fourth-order valence-corrected chi connectivity index (χ4v) is 2.53. The molecule has 0 atom stereocenters. The number of likely N-dealkylation sites (N-methyl/N-ethyl adjacent to an activating group) is 1. The van der Waals surface area contributed by atoms with Gasteiger partial charge in [-0.1, -0.05) is 24.3 Å². The van der Waals surface area contributed by atoms with Gasteiger partial charge in [-0.25, -0.2) is 4.39 Å². The fraction of sp³-hybridized carbons (Fsp3) is 0.176. The quantitative estimate of drug-likeness (QED) is 0.854. The van der Waals surface area contributed by atoms with Crippen LogP contribution in [0.25, 0.3) is 0 Å². The molecule has 5 heteroatoms. The molecule has 4 nitrogen and oxygen atoms in total. The van der Waals surface area contributed by atoms with Gasteiger partial charge in [0.05, 0.1) is 17.8 Å². The molecular weight excluding hydrogens is 283 g/mol. The number of carbonyl (C=O) groups is 2. The Labute approximate surface area is 127 Å². The maximum absolute atomic E-state index is 12.9. The first-order valence-corrected chi connectivity index (χ1v) is 6.96. The van der Waals surface area contributed by atoms with Crippen molar-refractivity contribution in [3.05, 3.63) is 59.9 Å². The molecule has 2 aromatic rings. The third kappa shape index (κ3) is 2.57. The van der Waals surface area contributed by atoms with Crippen molar-refractivity contribution in [1.29, 1.82) is 0 Å². The molecule has 0 unspecified atom stereocenters. The summed E-state index contributed by atoms with van der Waals surface area (Å²) in [5, 5.41) is 0. The monoisotopic (exact) mass is 298 g/mol. The van der Waals surface area contributed by atoms with Crippen molar-refractivity contribution in [1.82, 2.24) is 0 Å². The number of benzene rings is 2. The van der Waals surface area contributed by atoms with E-state index in [2.05, 4.69) is 0 Å². The minimum atomic E-state index is -0.337. The molecule has 0 saturated carbocycles. The van der Waals surface area contributed by atoms with Crippen LogP contribution in [0, 0.1) is 5.82 Å². The van der Waals surface area contributed by atoms with Crippen molar-refractivity contribution in [2.75, 3.05) is 23.4 Å². The van der Waals surface area contributed by atoms with E-state index in [-0.39, 0.29) is 30.6 Å². The zero-order chi connectivity index (χ0) is 15.7. The highest BCUT2D eigenvalue weighted by Gasteiger charge is 2.30. The van der Waals surface area contributed by atoms with Crippen LogP contribution in [0.15, 0.2) is 48.5 Å². The number of para-hydroxylation sites is 2. The Morgan fingerprint density at radius 3 is 2.41 bits per heavy atom. The molecule has 0 bridgehead atoms. The molecule has 0 aromatic heterocycles. The van der Waals surface area contributed by atoms with E-state index in [0.717, 1.165) is 11.3 Å². The summed E-state index contributed by atoms with van der Waals surface area (Å²) in [5.41, 5.74) is 2.15. The fourth-order valence-electron chi connectivity index (χ4n) is 2.53. The third-order valence-corrected chi connectivity index (χ3v) is 3.77. The first kappa shape index (κ1) is 14.3. The van der Waals surface area contributed by atoms with E-state index in [0.29, 0.717) is 5.69 Å². The van der Waals surface area contributed by atoms with Crippen LogP contribution in [0.3, 0.4) is 0 Å². The summed E-state index contributed by atoms with van der Waals surface area (Å²) < 4.78 is 12.9. The minimum Gasteiger partial charge on any atom is -0.312 e. The highest BCUT2D eigenvalue weighted by molar-refractivity contribution is 6.11. The van der Waals surface area contributed by atoms with Crippen LogP contribution < -0.4 is 9.80 Å². The lowest BCUT2D eigenvalue weighted by Crippen LogP contribution is -2.47. The predicted molar refractivity (Wildman–Crippen MR) is 82.3 cm³/mol. The van der Waals surface area contributed by atoms with Crippen LogP contribution in [-0.4, -0.2) is 25.4 Å². The number of hydrogen-bond acceptors (Lipinski definition) is 2. The Morgan fingerprint density at radius 1 is 1.09 bits per heavy atom. The molecule has 22 heavy (non-hydrogen) atoms. The van der Waals surface area contributed by atoms with E-state index in [1.54, 1.807) is 24.1 Å². The Bertz CT molecular complexity index is 728. The Morgan fingerprint density at radius 2 is 1.73 bits per heavy atom. The molecule has 1 aliphatic rings. The summed E-state index contributed by atoms with van der Waals surface area (Å²) in [4.78, 5) is 27.6. The highest BCUT2D eigenvalue weighted by Crippen LogP contribution is 2.32.